The summed E-state index contributed by atoms with van der Waals surface area (Å²) in [6, 6.07) is 10.2. The van der Waals surface area contributed by atoms with Gasteiger partial charge in [-0.05, 0) is 36.4 Å². The number of nitrogens with one attached hydrogen (secondary N) is 1. The first-order valence-electron chi connectivity index (χ1n) is 8.25. The number of ether oxygens (including phenoxy) is 1. The molecular formula is C18H15ClF3N3O3S. The predicted octanol–water partition coefficient (Wildman–Crippen LogP) is 4.44. The van der Waals surface area contributed by atoms with Crippen LogP contribution in [-0.4, -0.2) is 24.8 Å². The van der Waals surface area contributed by atoms with Gasteiger partial charge in [0.05, 0.1) is 27.7 Å². The van der Waals surface area contributed by atoms with Gasteiger partial charge >= 0.3 is 6.18 Å². The van der Waals surface area contributed by atoms with Gasteiger partial charge in [0.15, 0.2) is 0 Å². The lowest BCUT2D eigenvalue weighted by Gasteiger charge is -2.13. The van der Waals surface area contributed by atoms with E-state index in [1.165, 1.54) is 12.1 Å². The zero-order valence-corrected chi connectivity index (χ0v) is 16.3. The van der Waals surface area contributed by atoms with Crippen LogP contribution < -0.4 is 9.46 Å². The highest BCUT2D eigenvalue weighted by Gasteiger charge is 2.34. The average Bonchev–Trinajstić information content (AvgIpc) is 3.14. The summed E-state index contributed by atoms with van der Waals surface area (Å²) in [4.78, 5) is -0.556. The van der Waals surface area contributed by atoms with E-state index in [1.807, 2.05) is 0 Å². The monoisotopic (exact) mass is 445 g/mol. The van der Waals surface area contributed by atoms with Crippen molar-refractivity contribution in [2.75, 3.05) is 11.3 Å². The normalized spacial score (nSPS) is 12.0. The molecule has 3 aromatic rings. The van der Waals surface area contributed by atoms with Gasteiger partial charge in [0.2, 0.25) is 0 Å². The van der Waals surface area contributed by atoms with E-state index in [0.717, 1.165) is 12.1 Å². The Hall–Kier alpha value is -2.72. The molecule has 0 spiro atoms. The van der Waals surface area contributed by atoms with Crippen LogP contribution in [0.15, 0.2) is 65.8 Å². The summed E-state index contributed by atoms with van der Waals surface area (Å²) in [6.07, 6.45) is -1.36. The Morgan fingerprint density at radius 2 is 1.93 bits per heavy atom. The van der Waals surface area contributed by atoms with Crippen LogP contribution >= 0.6 is 11.6 Å². The molecule has 0 aliphatic carbocycles. The van der Waals surface area contributed by atoms with Gasteiger partial charge in [0.25, 0.3) is 10.0 Å². The van der Waals surface area contributed by atoms with Crippen molar-refractivity contribution in [1.29, 1.82) is 0 Å². The van der Waals surface area contributed by atoms with Crippen molar-refractivity contribution in [3.8, 4) is 5.75 Å². The maximum Gasteiger partial charge on any atom is 0.417 e. The van der Waals surface area contributed by atoms with E-state index in [1.54, 1.807) is 35.3 Å². The van der Waals surface area contributed by atoms with Crippen molar-refractivity contribution >= 4 is 27.3 Å². The predicted molar refractivity (Wildman–Crippen MR) is 101 cm³/mol. The van der Waals surface area contributed by atoms with Crippen LogP contribution in [0.2, 0.25) is 5.02 Å². The van der Waals surface area contributed by atoms with Crippen molar-refractivity contribution in [3.63, 3.8) is 0 Å². The van der Waals surface area contributed by atoms with Gasteiger partial charge in [-0.3, -0.25) is 9.40 Å². The van der Waals surface area contributed by atoms with Crippen LogP contribution in [0.1, 0.15) is 5.56 Å². The van der Waals surface area contributed by atoms with E-state index in [9.17, 15) is 21.6 Å². The molecular weight excluding hydrogens is 431 g/mol. The molecule has 0 bridgehead atoms. The zero-order valence-electron chi connectivity index (χ0n) is 14.7. The molecule has 1 heterocycles. The molecule has 2 aromatic carbocycles. The Morgan fingerprint density at radius 3 is 2.62 bits per heavy atom. The minimum Gasteiger partial charge on any atom is -0.492 e. The third kappa shape index (κ3) is 5.42. The second-order valence-electron chi connectivity index (χ2n) is 5.89. The van der Waals surface area contributed by atoms with E-state index in [2.05, 4.69) is 9.82 Å². The highest BCUT2D eigenvalue weighted by Crippen LogP contribution is 2.36. The summed E-state index contributed by atoms with van der Waals surface area (Å²) in [6.45, 7) is 0.790. The molecule has 0 atom stereocenters. The van der Waals surface area contributed by atoms with Crippen LogP contribution in [0.5, 0.6) is 5.75 Å². The van der Waals surface area contributed by atoms with Gasteiger partial charge in [-0.15, -0.1) is 0 Å². The lowest BCUT2D eigenvalue weighted by molar-refractivity contribution is -0.137. The molecule has 1 aromatic heterocycles. The molecule has 0 aliphatic heterocycles. The summed E-state index contributed by atoms with van der Waals surface area (Å²) in [7, 11) is -4.26. The van der Waals surface area contributed by atoms with Crippen LogP contribution in [0.25, 0.3) is 0 Å². The Balaban J connectivity index is 1.73. The fourth-order valence-electron chi connectivity index (χ4n) is 2.44. The lowest BCUT2D eigenvalue weighted by Crippen LogP contribution is -2.15. The standard InChI is InChI=1S/C18H15ClF3N3O3S/c19-17-6-5-15(12-16(17)18(20,21)22)29(26,27)24-13-3-1-4-14(11-13)28-10-9-25-8-2-7-23-25/h1-8,11-12,24H,9-10H2. The second kappa shape index (κ2) is 8.34. The van der Waals surface area contributed by atoms with Gasteiger partial charge < -0.3 is 4.74 Å². The van der Waals surface area contributed by atoms with Crippen LogP contribution in [0, 0.1) is 0 Å². The van der Waals surface area contributed by atoms with Crippen LogP contribution in [0.3, 0.4) is 0 Å². The van der Waals surface area contributed by atoms with Gasteiger partial charge in [-0.25, -0.2) is 8.42 Å². The summed E-state index contributed by atoms with van der Waals surface area (Å²) in [5, 5.41) is 3.45. The first-order chi connectivity index (χ1) is 13.6. The first-order valence-corrected chi connectivity index (χ1v) is 10.1. The fraction of sp³-hybridized carbons (Fsp3) is 0.167. The van der Waals surface area contributed by atoms with Gasteiger partial charge in [0, 0.05) is 18.5 Å². The maximum absolute atomic E-state index is 13.0. The smallest absolute Gasteiger partial charge is 0.417 e. The molecule has 1 N–H and O–H groups in total. The fourth-order valence-corrected chi connectivity index (χ4v) is 3.74. The number of alkyl halides is 3. The number of nitrogens with zero attached hydrogens (tertiary/aromatic N) is 2. The molecule has 0 saturated heterocycles. The van der Waals surface area contributed by atoms with Crippen LogP contribution in [0.4, 0.5) is 18.9 Å². The summed E-state index contributed by atoms with van der Waals surface area (Å²) in [5.74, 6) is 0.393. The molecule has 0 radical (unpaired) electrons. The highest BCUT2D eigenvalue weighted by atomic mass is 35.5. The van der Waals surface area contributed by atoms with E-state index in [0.29, 0.717) is 25.0 Å². The lowest BCUT2D eigenvalue weighted by atomic mass is 10.2. The van der Waals surface area contributed by atoms with E-state index >= 15 is 0 Å². The number of hydrogen-bond donors (Lipinski definition) is 1. The second-order valence-corrected chi connectivity index (χ2v) is 7.98. The summed E-state index contributed by atoms with van der Waals surface area (Å²) >= 11 is 5.54. The van der Waals surface area contributed by atoms with Crippen LogP contribution in [-0.2, 0) is 22.7 Å². The number of halogens is 4. The van der Waals surface area contributed by atoms with Crippen molar-refractivity contribution in [3.05, 3.63) is 71.5 Å². The van der Waals surface area contributed by atoms with Crippen molar-refractivity contribution in [2.24, 2.45) is 0 Å². The first kappa shape index (κ1) is 21.0. The maximum atomic E-state index is 13.0. The average molecular weight is 446 g/mol. The van der Waals surface area contributed by atoms with Gasteiger partial charge in [-0.2, -0.15) is 18.3 Å². The van der Waals surface area contributed by atoms with Gasteiger partial charge in [0.1, 0.15) is 12.4 Å². The third-order valence-electron chi connectivity index (χ3n) is 3.79. The molecule has 29 heavy (non-hydrogen) atoms. The highest BCUT2D eigenvalue weighted by molar-refractivity contribution is 7.92. The third-order valence-corrected chi connectivity index (χ3v) is 5.50. The van der Waals surface area contributed by atoms with Crippen molar-refractivity contribution in [1.82, 2.24) is 9.78 Å². The molecule has 0 fully saturated rings. The summed E-state index contributed by atoms with van der Waals surface area (Å²) < 4.78 is 73.5. The van der Waals surface area contributed by atoms with Crippen molar-refractivity contribution < 1.29 is 26.3 Å². The van der Waals surface area contributed by atoms with E-state index < -0.39 is 31.7 Å². The molecule has 6 nitrogen and oxygen atoms in total. The quantitative estimate of drug-likeness (QED) is 0.583. The van der Waals surface area contributed by atoms with E-state index in [4.69, 9.17) is 16.3 Å². The summed E-state index contributed by atoms with van der Waals surface area (Å²) in [5.41, 5.74) is -1.08. The molecule has 3 rings (SSSR count). The zero-order chi connectivity index (χ0) is 21.1. The number of hydrogen-bond acceptors (Lipinski definition) is 4. The number of aromatic nitrogens is 2. The molecule has 0 unspecified atom stereocenters. The molecule has 0 aliphatic rings. The van der Waals surface area contributed by atoms with Gasteiger partial charge in [-0.1, -0.05) is 17.7 Å². The number of anilines is 1. The largest absolute Gasteiger partial charge is 0.492 e. The number of sulfonamides is 1. The Bertz CT molecular complexity index is 1090. The molecule has 0 saturated carbocycles. The number of benzene rings is 2. The topological polar surface area (TPSA) is 73.2 Å². The SMILES string of the molecule is O=S(=O)(Nc1cccc(OCCn2cccn2)c1)c1ccc(Cl)c(C(F)(F)F)c1. The Kier molecular flexibility index (Phi) is 6.04. The van der Waals surface area contributed by atoms with Crippen molar-refractivity contribution in [2.45, 2.75) is 17.6 Å². The van der Waals surface area contributed by atoms with E-state index in [-0.39, 0.29) is 5.69 Å². The molecule has 0 amide bonds. The Morgan fingerprint density at radius 1 is 1.14 bits per heavy atom. The number of rotatable bonds is 7. The molecule has 154 valence electrons. The minimum absolute atomic E-state index is 0.144. The molecule has 11 heteroatoms. The Labute approximate surface area is 169 Å². The minimum atomic E-state index is -4.77.